The van der Waals surface area contributed by atoms with Gasteiger partial charge in [0.25, 0.3) is 0 Å². The predicted octanol–water partition coefficient (Wildman–Crippen LogP) is 1.47. The molecule has 0 aromatic heterocycles. The Morgan fingerprint density at radius 2 is 1.96 bits per heavy atom. The van der Waals surface area contributed by atoms with Gasteiger partial charge in [-0.15, -0.1) is 0 Å². The lowest BCUT2D eigenvalue weighted by atomic mass is 9.74. The Labute approximate surface area is 155 Å². The molecule has 144 valence electrons. The highest BCUT2D eigenvalue weighted by Crippen LogP contribution is 2.42. The van der Waals surface area contributed by atoms with Crippen molar-refractivity contribution in [2.75, 3.05) is 20.1 Å². The summed E-state index contributed by atoms with van der Waals surface area (Å²) < 4.78 is 0. The van der Waals surface area contributed by atoms with Gasteiger partial charge in [-0.1, -0.05) is 0 Å². The fraction of sp³-hybridized carbons (Fsp3) is 0.800. The standard InChI is InChI=1S/C20H31N3O3/c1-12(21-2)13-7-8-22(10-13)15-5-6-16-18(9-15)23(14-3-4-14)11-17(19(16)24)20(25)26/h11-16,18,21H,3-10H2,1-2H3,(H,25,26). The third-order valence-electron chi connectivity index (χ3n) is 7.19. The average Bonchev–Trinajstić information content (AvgIpc) is 3.36. The smallest absolute Gasteiger partial charge is 0.340 e. The third kappa shape index (κ3) is 3.18. The molecular formula is C20H31N3O3. The maximum atomic E-state index is 12.7. The second kappa shape index (κ2) is 6.97. The molecule has 2 aliphatic heterocycles. The van der Waals surface area contributed by atoms with Gasteiger partial charge in [0.1, 0.15) is 5.57 Å². The van der Waals surface area contributed by atoms with Crippen molar-refractivity contribution in [3.63, 3.8) is 0 Å². The monoisotopic (exact) mass is 361 g/mol. The minimum absolute atomic E-state index is 0.000631. The summed E-state index contributed by atoms with van der Waals surface area (Å²) >= 11 is 0. The minimum Gasteiger partial charge on any atom is -0.478 e. The van der Waals surface area contributed by atoms with Crippen LogP contribution in [-0.2, 0) is 9.59 Å². The van der Waals surface area contributed by atoms with E-state index < -0.39 is 5.97 Å². The Morgan fingerprint density at radius 3 is 2.62 bits per heavy atom. The number of carbonyl (C=O) groups is 2. The fourth-order valence-corrected chi connectivity index (χ4v) is 5.30. The molecule has 2 heterocycles. The second-order valence-corrected chi connectivity index (χ2v) is 8.65. The molecule has 1 saturated heterocycles. The van der Waals surface area contributed by atoms with Crippen molar-refractivity contribution >= 4 is 11.8 Å². The van der Waals surface area contributed by atoms with E-state index in [0.29, 0.717) is 24.0 Å². The first-order chi connectivity index (χ1) is 12.5. The number of fused-ring (bicyclic) bond motifs is 1. The molecule has 4 rings (SSSR count). The molecular weight excluding hydrogens is 330 g/mol. The molecule has 2 saturated carbocycles. The normalized spacial score (nSPS) is 36.6. The Bertz CT molecular complexity index is 615. The Morgan fingerprint density at radius 1 is 1.23 bits per heavy atom. The first kappa shape index (κ1) is 18.0. The number of carboxylic acids is 1. The number of nitrogens with one attached hydrogen (secondary N) is 1. The summed E-state index contributed by atoms with van der Waals surface area (Å²) in [5, 5.41) is 12.8. The van der Waals surface area contributed by atoms with Gasteiger partial charge in [-0.3, -0.25) is 9.69 Å². The van der Waals surface area contributed by atoms with Crippen LogP contribution in [-0.4, -0.2) is 71.0 Å². The van der Waals surface area contributed by atoms with Gasteiger partial charge < -0.3 is 15.3 Å². The molecule has 6 nitrogen and oxygen atoms in total. The molecule has 5 atom stereocenters. The quantitative estimate of drug-likeness (QED) is 0.723. The summed E-state index contributed by atoms with van der Waals surface area (Å²) in [6.07, 6.45) is 7.98. The highest BCUT2D eigenvalue weighted by molar-refractivity contribution is 6.18. The van der Waals surface area contributed by atoms with Crippen molar-refractivity contribution in [2.24, 2.45) is 11.8 Å². The van der Waals surface area contributed by atoms with E-state index in [2.05, 4.69) is 22.0 Å². The average molecular weight is 361 g/mol. The number of carboxylic acid groups (broad SMARTS) is 1. The lowest BCUT2D eigenvalue weighted by Gasteiger charge is -2.46. The molecule has 5 unspecified atom stereocenters. The van der Waals surface area contributed by atoms with E-state index >= 15 is 0 Å². The molecule has 4 aliphatic rings. The number of hydrogen-bond donors (Lipinski definition) is 2. The summed E-state index contributed by atoms with van der Waals surface area (Å²) in [5.74, 6) is -0.632. The molecule has 0 amide bonds. The molecule has 0 bridgehead atoms. The molecule has 0 aromatic carbocycles. The molecule has 0 aromatic rings. The summed E-state index contributed by atoms with van der Waals surface area (Å²) in [7, 11) is 2.03. The highest BCUT2D eigenvalue weighted by Gasteiger charge is 2.48. The molecule has 26 heavy (non-hydrogen) atoms. The molecule has 3 fully saturated rings. The number of Topliss-reactive ketones (excluding diaryl/α,β-unsaturated/α-hetero) is 1. The zero-order chi connectivity index (χ0) is 18.4. The first-order valence-corrected chi connectivity index (χ1v) is 10.2. The van der Waals surface area contributed by atoms with Crippen molar-refractivity contribution in [2.45, 2.75) is 69.6 Å². The van der Waals surface area contributed by atoms with Gasteiger partial charge in [-0.25, -0.2) is 4.79 Å². The molecule has 0 radical (unpaired) electrons. The number of nitrogens with zero attached hydrogens (tertiary/aromatic N) is 2. The predicted molar refractivity (Wildman–Crippen MR) is 98.7 cm³/mol. The summed E-state index contributed by atoms with van der Waals surface area (Å²) in [5.41, 5.74) is 0.000631. The van der Waals surface area contributed by atoms with Crippen LogP contribution >= 0.6 is 0 Å². The fourth-order valence-electron chi connectivity index (χ4n) is 5.30. The van der Waals surface area contributed by atoms with E-state index in [4.69, 9.17) is 0 Å². The second-order valence-electron chi connectivity index (χ2n) is 8.65. The summed E-state index contributed by atoms with van der Waals surface area (Å²) in [4.78, 5) is 29.1. The van der Waals surface area contributed by atoms with Gasteiger partial charge in [0.15, 0.2) is 5.78 Å². The maximum Gasteiger partial charge on any atom is 0.340 e. The molecule has 6 heteroatoms. The lowest BCUT2D eigenvalue weighted by molar-refractivity contribution is -0.137. The SMILES string of the molecule is CNC(C)C1CCN(C2CCC3C(=O)C(C(=O)O)=CN(C4CC4)C3C2)C1. The van der Waals surface area contributed by atoms with Gasteiger partial charge in [-0.2, -0.15) is 0 Å². The van der Waals surface area contributed by atoms with Crippen LogP contribution in [0.4, 0.5) is 0 Å². The van der Waals surface area contributed by atoms with Gasteiger partial charge in [0, 0.05) is 42.8 Å². The highest BCUT2D eigenvalue weighted by atomic mass is 16.4. The molecule has 2 aliphatic carbocycles. The van der Waals surface area contributed by atoms with Gasteiger partial charge in [0.05, 0.1) is 0 Å². The number of aliphatic carboxylic acids is 1. The van der Waals surface area contributed by atoms with Crippen LogP contribution in [0.1, 0.15) is 45.4 Å². The molecule has 0 spiro atoms. The van der Waals surface area contributed by atoms with Gasteiger partial charge >= 0.3 is 5.97 Å². The van der Waals surface area contributed by atoms with Crippen LogP contribution in [0.3, 0.4) is 0 Å². The van der Waals surface area contributed by atoms with Crippen molar-refractivity contribution in [1.29, 1.82) is 0 Å². The third-order valence-corrected chi connectivity index (χ3v) is 7.19. The maximum absolute atomic E-state index is 12.7. The van der Waals surface area contributed by atoms with Gasteiger partial charge in [-0.05, 0) is 65.0 Å². The Balaban J connectivity index is 1.49. The van der Waals surface area contributed by atoms with E-state index in [9.17, 15) is 14.7 Å². The van der Waals surface area contributed by atoms with Crippen LogP contribution in [0, 0.1) is 11.8 Å². The van der Waals surface area contributed by atoms with Crippen LogP contribution in [0.15, 0.2) is 11.8 Å². The van der Waals surface area contributed by atoms with Crippen molar-refractivity contribution in [3.05, 3.63) is 11.8 Å². The first-order valence-electron chi connectivity index (χ1n) is 10.2. The van der Waals surface area contributed by atoms with E-state index in [0.717, 1.165) is 45.2 Å². The Hall–Kier alpha value is -1.40. The van der Waals surface area contributed by atoms with Crippen molar-refractivity contribution < 1.29 is 14.7 Å². The topological polar surface area (TPSA) is 72.9 Å². The van der Waals surface area contributed by atoms with Crippen molar-refractivity contribution in [1.82, 2.24) is 15.1 Å². The number of ketones is 1. The van der Waals surface area contributed by atoms with E-state index in [-0.39, 0.29) is 23.3 Å². The summed E-state index contributed by atoms with van der Waals surface area (Å²) in [6, 6.07) is 1.70. The Kier molecular flexibility index (Phi) is 4.82. The van der Waals surface area contributed by atoms with Crippen LogP contribution in [0.2, 0.25) is 0 Å². The van der Waals surface area contributed by atoms with E-state index in [1.807, 2.05) is 7.05 Å². The number of rotatable bonds is 5. The van der Waals surface area contributed by atoms with Gasteiger partial charge in [0.2, 0.25) is 0 Å². The minimum atomic E-state index is -1.07. The zero-order valence-electron chi connectivity index (χ0n) is 15.9. The number of hydrogen-bond acceptors (Lipinski definition) is 5. The lowest BCUT2D eigenvalue weighted by Crippen LogP contribution is -2.54. The van der Waals surface area contributed by atoms with Crippen LogP contribution in [0.5, 0.6) is 0 Å². The largest absolute Gasteiger partial charge is 0.478 e. The van der Waals surface area contributed by atoms with E-state index in [1.165, 1.54) is 6.42 Å². The summed E-state index contributed by atoms with van der Waals surface area (Å²) in [6.45, 7) is 4.54. The number of carbonyl (C=O) groups excluding carboxylic acids is 1. The zero-order valence-corrected chi connectivity index (χ0v) is 15.9. The van der Waals surface area contributed by atoms with Crippen molar-refractivity contribution in [3.8, 4) is 0 Å². The van der Waals surface area contributed by atoms with E-state index in [1.54, 1.807) is 6.20 Å². The number of likely N-dealkylation sites (tertiary alicyclic amines) is 1. The molecule has 2 N–H and O–H groups in total. The van der Waals surface area contributed by atoms with Crippen LogP contribution < -0.4 is 5.32 Å². The van der Waals surface area contributed by atoms with Crippen LogP contribution in [0.25, 0.3) is 0 Å².